The molecule has 4 aliphatic rings. The van der Waals surface area contributed by atoms with E-state index in [4.69, 9.17) is 9.47 Å². The molecule has 3 fully saturated rings. The second-order valence-electron chi connectivity index (χ2n) is 14.1. The smallest absolute Gasteiger partial charge is 0.326 e. The van der Waals surface area contributed by atoms with E-state index in [2.05, 4.69) is 12.2 Å². The van der Waals surface area contributed by atoms with Crippen LogP contribution >= 0.6 is 0 Å². The summed E-state index contributed by atoms with van der Waals surface area (Å²) >= 11 is 0. The highest BCUT2D eigenvalue weighted by Gasteiger charge is 2.68. The molecule has 0 spiro atoms. The number of rotatable bonds is 11. The first kappa shape index (κ1) is 33.5. The molecule has 1 amide bonds. The number of allylic oxidation sites excluding steroid dienone is 1. The number of carboxylic acid groups (broad SMARTS) is 1. The molecule has 4 aliphatic carbocycles. The molecule has 2 N–H and O–H groups in total. The lowest BCUT2D eigenvalue weighted by atomic mass is 9.46. The minimum absolute atomic E-state index is 0.0390. The number of ketones is 2. The fourth-order valence-corrected chi connectivity index (χ4v) is 9.35. The van der Waals surface area contributed by atoms with Gasteiger partial charge in [-0.05, 0) is 79.8 Å². The molecule has 0 heterocycles. The third kappa shape index (κ3) is 6.27. The molecular formula is C36H45NO9. The Bertz CT molecular complexity index is 1440. The summed E-state index contributed by atoms with van der Waals surface area (Å²) in [4.78, 5) is 75.4. The van der Waals surface area contributed by atoms with E-state index in [1.165, 1.54) is 12.5 Å². The number of hydrogen-bond donors (Lipinski definition) is 2. The number of esters is 2. The zero-order valence-corrected chi connectivity index (χ0v) is 27.0. The number of fused-ring (bicyclic) bond motifs is 5. The number of benzene rings is 1. The largest absolute Gasteiger partial charge is 0.480 e. The van der Waals surface area contributed by atoms with Crippen molar-refractivity contribution < 1.29 is 43.3 Å². The molecule has 0 aliphatic heterocycles. The highest BCUT2D eigenvalue weighted by Crippen LogP contribution is 2.68. The molecule has 1 aromatic rings. The van der Waals surface area contributed by atoms with E-state index in [-0.39, 0.29) is 36.4 Å². The van der Waals surface area contributed by atoms with Gasteiger partial charge in [0.2, 0.25) is 11.7 Å². The first-order valence-electron chi connectivity index (χ1n) is 16.5. The van der Waals surface area contributed by atoms with Crippen LogP contribution in [-0.4, -0.2) is 58.7 Å². The van der Waals surface area contributed by atoms with Crippen LogP contribution in [0.4, 0.5) is 0 Å². The third-order valence-electron chi connectivity index (χ3n) is 11.7. The Morgan fingerprint density at radius 3 is 2.37 bits per heavy atom. The van der Waals surface area contributed by atoms with Crippen molar-refractivity contribution in [3.05, 3.63) is 47.5 Å². The number of nitrogens with one attached hydrogen (secondary N) is 1. The van der Waals surface area contributed by atoms with Gasteiger partial charge >= 0.3 is 17.9 Å². The molecule has 0 bridgehead atoms. The van der Waals surface area contributed by atoms with Gasteiger partial charge in [-0.3, -0.25) is 24.0 Å². The van der Waals surface area contributed by atoms with Crippen LogP contribution in [0.2, 0.25) is 0 Å². The van der Waals surface area contributed by atoms with Crippen molar-refractivity contribution >= 4 is 35.4 Å². The van der Waals surface area contributed by atoms with Gasteiger partial charge in [0.05, 0.1) is 6.42 Å². The topological polar surface area (TPSA) is 153 Å². The first-order chi connectivity index (χ1) is 21.8. The number of carboxylic acids is 1. The Kier molecular flexibility index (Phi) is 9.57. The SMILES string of the molecule is CC(=O)O[C@]1(C(=O)COC(=O)CCC(=O)N[C@H](Cc2ccccc2)C(=O)O)CC[C@H]2[C@@H]3CCC4=CC(=O)CC[C@]4(C)[C@H]3CC[C@@]21C. The quantitative estimate of drug-likeness (QED) is 0.334. The average molecular weight is 636 g/mol. The summed E-state index contributed by atoms with van der Waals surface area (Å²) in [6, 6.07) is 7.74. The van der Waals surface area contributed by atoms with Crippen LogP contribution in [0.25, 0.3) is 0 Å². The number of aliphatic carboxylic acids is 1. The lowest BCUT2D eigenvalue weighted by Crippen LogP contribution is -2.59. The molecule has 10 nitrogen and oxygen atoms in total. The van der Waals surface area contributed by atoms with E-state index >= 15 is 0 Å². The van der Waals surface area contributed by atoms with Crippen LogP contribution in [-0.2, 0) is 44.7 Å². The second kappa shape index (κ2) is 13.1. The second-order valence-corrected chi connectivity index (χ2v) is 14.1. The maximum absolute atomic E-state index is 13.9. The Morgan fingerprint density at radius 1 is 0.957 bits per heavy atom. The predicted molar refractivity (Wildman–Crippen MR) is 166 cm³/mol. The summed E-state index contributed by atoms with van der Waals surface area (Å²) in [5.74, 6) is -2.53. The van der Waals surface area contributed by atoms with E-state index in [0.29, 0.717) is 37.5 Å². The van der Waals surface area contributed by atoms with Crippen molar-refractivity contribution in [2.75, 3.05) is 6.61 Å². The van der Waals surface area contributed by atoms with Crippen molar-refractivity contribution in [1.29, 1.82) is 0 Å². The van der Waals surface area contributed by atoms with Crippen LogP contribution in [0.1, 0.15) is 90.5 Å². The number of Topliss-reactive ketones (excluding diaryl/α,β-unsaturated/α-hetero) is 1. The number of carbonyl (C=O) groups excluding carboxylic acids is 5. The molecule has 3 saturated carbocycles. The Balaban J connectivity index is 1.21. The van der Waals surface area contributed by atoms with Gasteiger partial charge in [0, 0.05) is 31.6 Å². The maximum Gasteiger partial charge on any atom is 0.326 e. The third-order valence-corrected chi connectivity index (χ3v) is 11.7. The van der Waals surface area contributed by atoms with E-state index in [1.807, 2.05) is 19.1 Å². The monoisotopic (exact) mass is 635 g/mol. The summed E-state index contributed by atoms with van der Waals surface area (Å²) in [6.45, 7) is 5.04. The fourth-order valence-electron chi connectivity index (χ4n) is 9.35. The van der Waals surface area contributed by atoms with Crippen LogP contribution in [0.15, 0.2) is 42.0 Å². The standard InChI is InChI=1S/C36H45NO9/c1-22(38)46-36(18-15-28-26-10-9-24-20-25(39)13-16-34(24,2)27(26)14-17-35(28,36)3)30(40)21-45-32(42)12-11-31(41)37-29(33(43)44)19-23-7-5-4-6-8-23/h4-8,20,26-29H,9-19,21H2,1-3H3,(H,37,41)(H,43,44)/t26-,27+,28+,29-,34+,35+,36+/m1/s1. The summed E-state index contributed by atoms with van der Waals surface area (Å²) < 4.78 is 11.3. The number of ether oxygens (including phenoxy) is 2. The van der Waals surface area contributed by atoms with Gasteiger partial charge in [0.1, 0.15) is 6.04 Å². The van der Waals surface area contributed by atoms with Gasteiger partial charge in [0.15, 0.2) is 18.0 Å². The van der Waals surface area contributed by atoms with E-state index in [0.717, 1.165) is 31.2 Å². The number of hydrogen-bond acceptors (Lipinski definition) is 8. The van der Waals surface area contributed by atoms with Crippen LogP contribution in [0.3, 0.4) is 0 Å². The fraction of sp³-hybridized carbons (Fsp3) is 0.611. The molecule has 5 rings (SSSR count). The van der Waals surface area contributed by atoms with E-state index in [1.54, 1.807) is 24.3 Å². The Morgan fingerprint density at radius 2 is 1.67 bits per heavy atom. The summed E-state index contributed by atoms with van der Waals surface area (Å²) in [6.07, 6.45) is 7.10. The van der Waals surface area contributed by atoms with Gasteiger partial charge in [0.25, 0.3) is 0 Å². The lowest BCUT2D eigenvalue weighted by molar-refractivity contribution is -0.191. The average Bonchev–Trinajstić information content (AvgIpc) is 3.31. The zero-order chi connectivity index (χ0) is 33.3. The van der Waals surface area contributed by atoms with Gasteiger partial charge in [-0.25, -0.2) is 4.79 Å². The molecule has 0 radical (unpaired) electrons. The normalized spacial score (nSPS) is 32.1. The van der Waals surface area contributed by atoms with Crippen LogP contribution in [0.5, 0.6) is 0 Å². The summed E-state index contributed by atoms with van der Waals surface area (Å²) in [5, 5.41) is 12.0. The van der Waals surface area contributed by atoms with Crippen LogP contribution in [0, 0.1) is 28.6 Å². The highest BCUT2D eigenvalue weighted by molar-refractivity contribution is 5.94. The highest BCUT2D eigenvalue weighted by atomic mass is 16.6. The van der Waals surface area contributed by atoms with Crippen molar-refractivity contribution in [3.63, 3.8) is 0 Å². The minimum Gasteiger partial charge on any atom is -0.480 e. The number of amides is 1. The molecule has 0 saturated heterocycles. The van der Waals surface area contributed by atoms with Gasteiger partial charge in [-0.1, -0.05) is 49.8 Å². The van der Waals surface area contributed by atoms with E-state index in [9.17, 15) is 33.9 Å². The number of carbonyl (C=O) groups is 6. The Labute approximate surface area is 269 Å². The molecule has 10 heteroatoms. The first-order valence-corrected chi connectivity index (χ1v) is 16.5. The molecule has 248 valence electrons. The Hall–Kier alpha value is -3.82. The molecule has 1 aromatic carbocycles. The molecule has 0 unspecified atom stereocenters. The van der Waals surface area contributed by atoms with Gasteiger partial charge in [-0.2, -0.15) is 0 Å². The van der Waals surface area contributed by atoms with Crippen molar-refractivity contribution in [2.24, 2.45) is 28.6 Å². The van der Waals surface area contributed by atoms with Crippen molar-refractivity contribution in [3.8, 4) is 0 Å². The molecule has 0 aromatic heterocycles. The zero-order valence-electron chi connectivity index (χ0n) is 27.0. The molecular weight excluding hydrogens is 590 g/mol. The molecule has 46 heavy (non-hydrogen) atoms. The van der Waals surface area contributed by atoms with E-state index < -0.39 is 53.3 Å². The molecule has 7 atom stereocenters. The van der Waals surface area contributed by atoms with Crippen LogP contribution < -0.4 is 5.32 Å². The van der Waals surface area contributed by atoms with Crippen molar-refractivity contribution in [2.45, 2.75) is 103 Å². The predicted octanol–water partition coefficient (Wildman–Crippen LogP) is 4.52. The minimum atomic E-state index is -1.42. The lowest BCUT2D eigenvalue weighted by Gasteiger charge is -2.59. The van der Waals surface area contributed by atoms with Crippen molar-refractivity contribution in [1.82, 2.24) is 5.32 Å². The summed E-state index contributed by atoms with van der Waals surface area (Å²) in [5.41, 5.74) is -0.0868. The van der Waals surface area contributed by atoms with Gasteiger partial charge < -0.3 is 19.9 Å². The summed E-state index contributed by atoms with van der Waals surface area (Å²) in [7, 11) is 0. The van der Waals surface area contributed by atoms with Gasteiger partial charge in [-0.15, -0.1) is 0 Å². The maximum atomic E-state index is 13.9.